The number of carbonyl (C=O) groups excluding carboxylic acids is 1. The van der Waals surface area contributed by atoms with Gasteiger partial charge < -0.3 is 14.8 Å². The Bertz CT molecular complexity index is 692. The predicted octanol–water partition coefficient (Wildman–Crippen LogP) is 4.82. The van der Waals surface area contributed by atoms with E-state index >= 15 is 0 Å². The zero-order chi connectivity index (χ0) is 18.2. The average Bonchev–Trinajstić information content (AvgIpc) is 2.60. The lowest BCUT2D eigenvalue weighted by Gasteiger charge is -2.17. The molecule has 134 valence electrons. The average molecular weight is 349 g/mol. The molecule has 1 unspecified atom stereocenters. The van der Waals surface area contributed by atoms with Crippen LogP contribution in [0.5, 0.6) is 11.5 Å². The van der Waals surface area contributed by atoms with Crippen LogP contribution in [0.25, 0.3) is 0 Å². The molecule has 0 aliphatic rings. The van der Waals surface area contributed by atoms with Gasteiger partial charge in [0.1, 0.15) is 0 Å². The molecule has 1 N–H and O–H groups in total. The lowest BCUT2D eigenvalue weighted by Crippen LogP contribution is -2.21. The lowest BCUT2D eigenvalue weighted by molar-refractivity contribution is -0.117. The Hall–Kier alpha value is -2.63. The third kappa shape index (κ3) is 5.17. The van der Waals surface area contributed by atoms with Crippen molar-refractivity contribution in [1.82, 2.24) is 0 Å². The van der Waals surface area contributed by atoms with Crippen molar-refractivity contribution >= 4 is 11.6 Å². The largest absolute Gasteiger partial charge is 0.493 e. The Morgan fingerprint density at radius 2 is 1.84 bits per heavy atom. The van der Waals surface area contributed by atoms with Gasteiger partial charge in [-0.05, 0) is 24.1 Å². The molecule has 25 heavy (non-hydrogen) atoms. The van der Waals surface area contributed by atoms with Gasteiger partial charge in [-0.2, -0.15) is 8.78 Å². The molecule has 0 bridgehead atoms. The molecule has 0 fully saturated rings. The molecule has 1 amide bonds. The van der Waals surface area contributed by atoms with E-state index in [4.69, 9.17) is 4.74 Å². The first kappa shape index (κ1) is 18.7. The van der Waals surface area contributed by atoms with Crippen molar-refractivity contribution in [2.75, 3.05) is 12.4 Å². The first-order chi connectivity index (χ1) is 12.0. The van der Waals surface area contributed by atoms with E-state index in [1.54, 1.807) is 6.07 Å². The molecule has 0 saturated carbocycles. The van der Waals surface area contributed by atoms with Crippen molar-refractivity contribution in [2.45, 2.75) is 32.3 Å². The minimum Gasteiger partial charge on any atom is -0.493 e. The number of nitrogens with one attached hydrogen (secondary N) is 1. The third-order valence-corrected chi connectivity index (χ3v) is 3.74. The number of carbonyl (C=O) groups is 1. The molecule has 2 rings (SSSR count). The Balaban J connectivity index is 2.20. The minimum atomic E-state index is -2.97. The quantitative estimate of drug-likeness (QED) is 0.743. The fraction of sp³-hybridized carbons (Fsp3) is 0.316. The highest BCUT2D eigenvalue weighted by molar-refractivity contribution is 5.96. The molecule has 0 aliphatic heterocycles. The van der Waals surface area contributed by atoms with Gasteiger partial charge in [0.25, 0.3) is 0 Å². The van der Waals surface area contributed by atoms with Gasteiger partial charge in [0.15, 0.2) is 11.5 Å². The number of ether oxygens (including phenoxy) is 2. The van der Waals surface area contributed by atoms with Crippen molar-refractivity contribution < 1.29 is 23.0 Å². The summed E-state index contributed by atoms with van der Waals surface area (Å²) < 4.78 is 34.5. The maximum atomic E-state index is 12.7. The first-order valence-electron chi connectivity index (χ1n) is 8.03. The van der Waals surface area contributed by atoms with Crippen LogP contribution in [0, 0.1) is 0 Å². The molecule has 2 aromatic rings. The van der Waals surface area contributed by atoms with Crippen molar-refractivity contribution in [2.24, 2.45) is 0 Å². The predicted molar refractivity (Wildman–Crippen MR) is 92.3 cm³/mol. The summed E-state index contributed by atoms with van der Waals surface area (Å²) in [5.74, 6) is -0.456. The van der Waals surface area contributed by atoms with Crippen LogP contribution in [0.15, 0.2) is 48.5 Å². The van der Waals surface area contributed by atoms with E-state index < -0.39 is 6.61 Å². The third-order valence-electron chi connectivity index (χ3n) is 3.74. The maximum Gasteiger partial charge on any atom is 0.387 e. The molecule has 6 heteroatoms. The molecule has 4 nitrogen and oxygen atoms in total. The molecule has 0 heterocycles. The number of hydrogen-bond acceptors (Lipinski definition) is 3. The van der Waals surface area contributed by atoms with E-state index in [0.717, 1.165) is 12.0 Å². The highest BCUT2D eigenvalue weighted by atomic mass is 19.3. The number of anilines is 1. The highest BCUT2D eigenvalue weighted by Crippen LogP contribution is 2.32. The number of halogens is 2. The summed E-state index contributed by atoms with van der Waals surface area (Å²) in [6.45, 7) is -0.970. The van der Waals surface area contributed by atoms with Gasteiger partial charge in [-0.1, -0.05) is 43.7 Å². The Morgan fingerprint density at radius 3 is 2.44 bits per heavy atom. The van der Waals surface area contributed by atoms with Crippen LogP contribution in [0.3, 0.4) is 0 Å². The van der Waals surface area contributed by atoms with Crippen molar-refractivity contribution in [3.8, 4) is 11.5 Å². The van der Waals surface area contributed by atoms with E-state index in [1.807, 2.05) is 37.3 Å². The van der Waals surface area contributed by atoms with Crippen molar-refractivity contribution in [1.29, 1.82) is 0 Å². The fourth-order valence-corrected chi connectivity index (χ4v) is 2.60. The summed E-state index contributed by atoms with van der Waals surface area (Å²) in [4.78, 5) is 12.7. The van der Waals surface area contributed by atoms with Crippen molar-refractivity contribution in [3.63, 3.8) is 0 Å². The topological polar surface area (TPSA) is 47.6 Å². The number of hydrogen-bond donors (Lipinski definition) is 1. The number of benzene rings is 2. The monoisotopic (exact) mass is 349 g/mol. The Morgan fingerprint density at radius 1 is 1.12 bits per heavy atom. The molecule has 0 saturated heterocycles. The van der Waals surface area contributed by atoms with Gasteiger partial charge in [0.2, 0.25) is 5.91 Å². The van der Waals surface area contributed by atoms with Gasteiger partial charge in [0.05, 0.1) is 13.0 Å². The maximum absolute atomic E-state index is 12.7. The number of rotatable bonds is 8. The molecular formula is C19H21F2NO3. The second-order valence-electron chi connectivity index (χ2n) is 5.49. The van der Waals surface area contributed by atoms with Crippen LogP contribution in [-0.4, -0.2) is 19.6 Å². The number of alkyl halides is 2. The molecule has 1 atom stereocenters. The molecule has 0 spiro atoms. The molecular weight excluding hydrogens is 328 g/mol. The second-order valence-corrected chi connectivity index (χ2v) is 5.49. The molecule has 2 aromatic carbocycles. The fourth-order valence-electron chi connectivity index (χ4n) is 2.60. The minimum absolute atomic E-state index is 0.123. The summed E-state index contributed by atoms with van der Waals surface area (Å²) in [5, 5.41) is 2.77. The molecule has 0 radical (unpaired) electrons. The van der Waals surface area contributed by atoms with E-state index in [0.29, 0.717) is 12.1 Å². The van der Waals surface area contributed by atoms with E-state index in [-0.39, 0.29) is 23.3 Å². The van der Waals surface area contributed by atoms with Gasteiger partial charge in [-0.15, -0.1) is 0 Å². The summed E-state index contributed by atoms with van der Waals surface area (Å²) in [6, 6.07) is 13.9. The van der Waals surface area contributed by atoms with E-state index in [2.05, 4.69) is 10.1 Å². The van der Waals surface area contributed by atoms with Crippen molar-refractivity contribution in [3.05, 3.63) is 54.1 Å². The summed E-state index contributed by atoms with van der Waals surface area (Å²) in [7, 11) is 1.36. The Kier molecular flexibility index (Phi) is 6.74. The Labute approximate surface area is 145 Å². The van der Waals surface area contributed by atoms with E-state index in [1.165, 1.54) is 19.2 Å². The molecule has 0 aliphatic carbocycles. The van der Waals surface area contributed by atoms with Gasteiger partial charge in [-0.25, -0.2) is 0 Å². The highest BCUT2D eigenvalue weighted by Gasteiger charge is 2.20. The van der Waals surface area contributed by atoms with Gasteiger partial charge >= 0.3 is 6.61 Å². The second kappa shape index (κ2) is 9.01. The van der Waals surface area contributed by atoms with Crippen LogP contribution in [0.1, 0.15) is 31.2 Å². The zero-order valence-corrected chi connectivity index (χ0v) is 14.2. The standard InChI is InChI=1S/C19H21F2NO3/c1-3-7-15(13-8-5-4-6-9-13)18(23)22-14-10-11-16(24-2)17(12-14)25-19(20)21/h4-6,8-12,15,19H,3,7H2,1-2H3,(H,22,23). The summed E-state index contributed by atoms with van der Waals surface area (Å²) in [6.07, 6.45) is 1.53. The molecule has 0 aromatic heterocycles. The van der Waals surface area contributed by atoms with Crippen LogP contribution < -0.4 is 14.8 Å². The number of methoxy groups -OCH3 is 1. The number of amides is 1. The van der Waals surface area contributed by atoms with Crippen LogP contribution in [0.4, 0.5) is 14.5 Å². The zero-order valence-electron chi connectivity index (χ0n) is 14.2. The first-order valence-corrected chi connectivity index (χ1v) is 8.03. The SMILES string of the molecule is CCCC(C(=O)Nc1ccc(OC)c(OC(F)F)c1)c1ccccc1. The van der Waals surface area contributed by atoms with Gasteiger partial charge in [-0.3, -0.25) is 4.79 Å². The van der Waals surface area contributed by atoms with Crippen LogP contribution in [-0.2, 0) is 4.79 Å². The van der Waals surface area contributed by atoms with E-state index in [9.17, 15) is 13.6 Å². The lowest BCUT2D eigenvalue weighted by atomic mass is 9.93. The van der Waals surface area contributed by atoms with Crippen LogP contribution >= 0.6 is 0 Å². The van der Waals surface area contributed by atoms with Crippen LogP contribution in [0.2, 0.25) is 0 Å². The van der Waals surface area contributed by atoms with Gasteiger partial charge in [0, 0.05) is 11.8 Å². The summed E-state index contributed by atoms with van der Waals surface area (Å²) >= 11 is 0. The normalized spacial score (nSPS) is 11.9. The smallest absolute Gasteiger partial charge is 0.387 e. The summed E-state index contributed by atoms with van der Waals surface area (Å²) in [5.41, 5.74) is 1.29.